The summed E-state index contributed by atoms with van der Waals surface area (Å²) in [7, 11) is 0. The highest BCUT2D eigenvalue weighted by Crippen LogP contribution is 2.26. The molecule has 2 rings (SSSR count). The van der Waals surface area contributed by atoms with Crippen LogP contribution in [0, 0.1) is 12.3 Å². The van der Waals surface area contributed by atoms with E-state index in [1.165, 1.54) is 0 Å². The van der Waals surface area contributed by atoms with E-state index in [1.54, 1.807) is 11.3 Å². The van der Waals surface area contributed by atoms with E-state index in [9.17, 15) is 5.11 Å². The number of rotatable bonds is 6. The molecule has 1 heterocycles. The van der Waals surface area contributed by atoms with E-state index in [4.69, 9.17) is 0 Å². The summed E-state index contributed by atoms with van der Waals surface area (Å²) in [4.78, 5) is 4.51. The molecule has 2 aromatic rings. The minimum Gasteiger partial charge on any atom is -0.396 e. The van der Waals surface area contributed by atoms with Crippen molar-refractivity contribution in [3.05, 3.63) is 34.7 Å². The third-order valence-corrected chi connectivity index (χ3v) is 4.51. The van der Waals surface area contributed by atoms with Crippen molar-refractivity contribution in [2.24, 2.45) is 5.41 Å². The molecule has 20 heavy (non-hydrogen) atoms. The van der Waals surface area contributed by atoms with Gasteiger partial charge in [-0.3, -0.25) is 0 Å². The van der Waals surface area contributed by atoms with Gasteiger partial charge in [0.25, 0.3) is 0 Å². The quantitative estimate of drug-likeness (QED) is 0.847. The van der Waals surface area contributed by atoms with Crippen molar-refractivity contribution < 1.29 is 5.11 Å². The zero-order valence-corrected chi connectivity index (χ0v) is 13.1. The van der Waals surface area contributed by atoms with Gasteiger partial charge in [0.1, 0.15) is 0 Å². The van der Waals surface area contributed by atoms with Crippen LogP contribution in [0.25, 0.3) is 11.3 Å². The molecule has 0 bridgehead atoms. The molecular weight excluding hydrogens is 268 g/mol. The molecule has 0 saturated carbocycles. The summed E-state index contributed by atoms with van der Waals surface area (Å²) >= 11 is 1.67. The average Bonchev–Trinajstić information content (AvgIpc) is 2.92. The van der Waals surface area contributed by atoms with Crippen LogP contribution in [0.3, 0.4) is 0 Å². The van der Waals surface area contributed by atoms with Gasteiger partial charge in [-0.1, -0.05) is 26.0 Å². The van der Waals surface area contributed by atoms with Gasteiger partial charge in [-0.25, -0.2) is 4.98 Å². The summed E-state index contributed by atoms with van der Waals surface area (Å²) in [5.41, 5.74) is 3.15. The maximum Gasteiger partial charge on any atom is 0.0901 e. The topological polar surface area (TPSA) is 45.1 Å². The fourth-order valence-corrected chi connectivity index (χ4v) is 2.51. The molecule has 0 radical (unpaired) electrons. The summed E-state index contributed by atoms with van der Waals surface area (Å²) in [5.74, 6) is 0. The number of aromatic nitrogens is 1. The minimum absolute atomic E-state index is 0.0762. The zero-order valence-electron chi connectivity index (χ0n) is 12.3. The average molecular weight is 290 g/mol. The fourth-order valence-electron chi connectivity index (χ4n) is 1.89. The lowest BCUT2D eigenvalue weighted by Gasteiger charge is -2.26. The molecule has 2 N–H and O–H groups in total. The number of aryl methyl sites for hydroxylation is 1. The standard InChI is InChI=1S/C16H22N2OS/c1-4-16(3,11-19)10-17-14-7-5-6-13(8-14)15-9-20-12(2)18-15/h5-9,17,19H,4,10-11H2,1-3H3. The van der Waals surface area contributed by atoms with Gasteiger partial charge in [-0.15, -0.1) is 11.3 Å². The first-order chi connectivity index (χ1) is 9.56. The number of hydrogen-bond donors (Lipinski definition) is 2. The van der Waals surface area contributed by atoms with Crippen molar-refractivity contribution in [2.75, 3.05) is 18.5 Å². The second-order valence-electron chi connectivity index (χ2n) is 5.51. The maximum absolute atomic E-state index is 9.45. The first-order valence-corrected chi connectivity index (χ1v) is 7.81. The van der Waals surface area contributed by atoms with Crippen molar-refractivity contribution >= 4 is 17.0 Å². The molecule has 1 aromatic heterocycles. The molecule has 0 fully saturated rings. The SMILES string of the molecule is CCC(C)(CO)CNc1cccc(-c2csc(C)n2)c1. The molecule has 1 atom stereocenters. The number of benzene rings is 1. The largest absolute Gasteiger partial charge is 0.396 e. The van der Waals surface area contributed by atoms with Gasteiger partial charge in [0.2, 0.25) is 0 Å². The number of nitrogens with zero attached hydrogens (tertiary/aromatic N) is 1. The molecule has 0 amide bonds. The van der Waals surface area contributed by atoms with Gasteiger partial charge in [0, 0.05) is 28.6 Å². The van der Waals surface area contributed by atoms with Crippen LogP contribution in [-0.4, -0.2) is 23.2 Å². The maximum atomic E-state index is 9.45. The van der Waals surface area contributed by atoms with E-state index in [0.717, 1.165) is 34.9 Å². The second-order valence-corrected chi connectivity index (χ2v) is 6.57. The lowest BCUT2D eigenvalue weighted by atomic mass is 9.88. The van der Waals surface area contributed by atoms with Crippen molar-refractivity contribution in [3.63, 3.8) is 0 Å². The van der Waals surface area contributed by atoms with Crippen LogP contribution in [0.1, 0.15) is 25.3 Å². The Balaban J connectivity index is 2.10. The highest BCUT2D eigenvalue weighted by molar-refractivity contribution is 7.09. The van der Waals surface area contributed by atoms with E-state index in [0.29, 0.717) is 0 Å². The Labute approximate surface area is 124 Å². The summed E-state index contributed by atoms with van der Waals surface area (Å²) in [6, 6.07) is 8.28. The van der Waals surface area contributed by atoms with Crippen LogP contribution in [0.4, 0.5) is 5.69 Å². The number of aliphatic hydroxyl groups is 1. The highest BCUT2D eigenvalue weighted by atomic mass is 32.1. The Morgan fingerprint density at radius 3 is 2.80 bits per heavy atom. The predicted octanol–water partition coefficient (Wildman–Crippen LogP) is 3.94. The third-order valence-electron chi connectivity index (χ3n) is 3.73. The lowest BCUT2D eigenvalue weighted by Crippen LogP contribution is -2.29. The molecule has 1 unspecified atom stereocenters. The molecule has 3 nitrogen and oxygen atoms in total. The van der Waals surface area contributed by atoms with Crippen LogP contribution in [0.15, 0.2) is 29.6 Å². The lowest BCUT2D eigenvalue weighted by molar-refractivity contribution is 0.149. The zero-order chi connectivity index (χ0) is 14.6. The number of aliphatic hydroxyl groups excluding tert-OH is 1. The molecule has 108 valence electrons. The van der Waals surface area contributed by atoms with Crippen LogP contribution < -0.4 is 5.32 Å². The molecule has 4 heteroatoms. The monoisotopic (exact) mass is 290 g/mol. The van der Waals surface area contributed by atoms with Crippen LogP contribution >= 0.6 is 11.3 Å². The Bertz CT molecular complexity index is 561. The van der Waals surface area contributed by atoms with Crippen molar-refractivity contribution in [2.45, 2.75) is 27.2 Å². The van der Waals surface area contributed by atoms with Crippen LogP contribution in [0.5, 0.6) is 0 Å². The van der Waals surface area contributed by atoms with Gasteiger partial charge in [0.15, 0.2) is 0 Å². The predicted molar refractivity (Wildman–Crippen MR) is 86.3 cm³/mol. The van der Waals surface area contributed by atoms with Crippen LogP contribution in [-0.2, 0) is 0 Å². The molecule has 0 aliphatic rings. The van der Waals surface area contributed by atoms with Gasteiger partial charge in [-0.2, -0.15) is 0 Å². The summed E-state index contributed by atoms with van der Waals surface area (Å²) < 4.78 is 0. The number of anilines is 1. The van der Waals surface area contributed by atoms with Gasteiger partial charge in [0.05, 0.1) is 17.3 Å². The summed E-state index contributed by atoms with van der Waals surface area (Å²) in [6.45, 7) is 7.17. The van der Waals surface area contributed by atoms with E-state index >= 15 is 0 Å². The number of nitrogens with one attached hydrogen (secondary N) is 1. The Morgan fingerprint density at radius 2 is 2.20 bits per heavy atom. The van der Waals surface area contributed by atoms with E-state index in [2.05, 4.69) is 47.7 Å². The smallest absolute Gasteiger partial charge is 0.0901 e. The third kappa shape index (κ3) is 3.58. The van der Waals surface area contributed by atoms with Crippen LogP contribution in [0.2, 0.25) is 0 Å². The normalized spacial score (nSPS) is 14.0. The van der Waals surface area contributed by atoms with Gasteiger partial charge >= 0.3 is 0 Å². The molecular formula is C16H22N2OS. The number of thiazole rings is 1. The fraction of sp³-hybridized carbons (Fsp3) is 0.438. The molecule has 0 spiro atoms. The van der Waals surface area contributed by atoms with Crippen molar-refractivity contribution in [1.82, 2.24) is 4.98 Å². The van der Waals surface area contributed by atoms with E-state index in [1.807, 2.05) is 13.0 Å². The van der Waals surface area contributed by atoms with Crippen molar-refractivity contribution in [3.8, 4) is 11.3 Å². The first kappa shape index (κ1) is 15.0. The molecule has 0 saturated heterocycles. The van der Waals surface area contributed by atoms with Gasteiger partial charge in [-0.05, 0) is 25.5 Å². The highest BCUT2D eigenvalue weighted by Gasteiger charge is 2.20. The summed E-state index contributed by atoms with van der Waals surface area (Å²) in [6.07, 6.45) is 0.946. The van der Waals surface area contributed by atoms with Gasteiger partial charge < -0.3 is 10.4 Å². The molecule has 0 aliphatic carbocycles. The van der Waals surface area contributed by atoms with E-state index < -0.39 is 0 Å². The number of hydrogen-bond acceptors (Lipinski definition) is 4. The van der Waals surface area contributed by atoms with E-state index in [-0.39, 0.29) is 12.0 Å². The Hall–Kier alpha value is -1.39. The Morgan fingerprint density at radius 1 is 1.40 bits per heavy atom. The summed E-state index contributed by atoms with van der Waals surface area (Å²) in [5, 5.41) is 16.0. The molecule has 1 aromatic carbocycles. The Kier molecular flexibility index (Phi) is 4.78. The van der Waals surface area contributed by atoms with Crippen molar-refractivity contribution in [1.29, 1.82) is 0 Å². The minimum atomic E-state index is -0.0762. The second kappa shape index (κ2) is 6.37. The molecule has 0 aliphatic heterocycles. The first-order valence-electron chi connectivity index (χ1n) is 6.93.